The van der Waals surface area contributed by atoms with E-state index >= 15 is 0 Å². The van der Waals surface area contributed by atoms with Crippen LogP contribution >= 0.6 is 0 Å². The molecule has 2 fully saturated rings. The SMILES string of the molecule is CNC(=O)C1NNC2CCN(Cc3ccc(-c4ccccc4C#N)o3)CC21. The van der Waals surface area contributed by atoms with Gasteiger partial charge in [0.2, 0.25) is 5.91 Å². The van der Waals surface area contributed by atoms with Gasteiger partial charge in [0.15, 0.2) is 0 Å². The molecular weight excluding hydrogens is 342 g/mol. The van der Waals surface area contributed by atoms with Gasteiger partial charge in [0, 0.05) is 37.7 Å². The predicted octanol–water partition coefficient (Wildman–Crippen LogP) is 1.23. The van der Waals surface area contributed by atoms with Gasteiger partial charge in [-0.05, 0) is 30.7 Å². The van der Waals surface area contributed by atoms with Gasteiger partial charge in [-0.2, -0.15) is 5.26 Å². The minimum absolute atomic E-state index is 0.0187. The minimum atomic E-state index is -0.211. The molecule has 0 bridgehead atoms. The number of hydrogen-bond acceptors (Lipinski definition) is 6. The highest BCUT2D eigenvalue weighted by atomic mass is 16.3. The second-order valence-corrected chi connectivity index (χ2v) is 7.10. The summed E-state index contributed by atoms with van der Waals surface area (Å²) in [6.07, 6.45) is 0.982. The van der Waals surface area contributed by atoms with Gasteiger partial charge in [0.1, 0.15) is 17.6 Å². The summed E-state index contributed by atoms with van der Waals surface area (Å²) in [5, 5.41) is 12.0. The number of carbonyl (C=O) groups is 1. The molecule has 2 saturated heterocycles. The number of hydrazine groups is 1. The Bertz CT molecular complexity index is 871. The van der Waals surface area contributed by atoms with Crippen LogP contribution in [0.3, 0.4) is 0 Å². The number of carbonyl (C=O) groups excluding carboxylic acids is 1. The number of rotatable bonds is 4. The summed E-state index contributed by atoms with van der Waals surface area (Å²) in [6, 6.07) is 13.7. The maximum atomic E-state index is 12.1. The number of nitrogens with one attached hydrogen (secondary N) is 3. The first-order chi connectivity index (χ1) is 13.2. The lowest BCUT2D eigenvalue weighted by Crippen LogP contribution is -2.49. The van der Waals surface area contributed by atoms with Crippen LogP contribution in [0.2, 0.25) is 0 Å². The lowest BCUT2D eigenvalue weighted by atomic mass is 9.88. The quantitative estimate of drug-likeness (QED) is 0.755. The first-order valence-electron chi connectivity index (χ1n) is 9.23. The van der Waals surface area contributed by atoms with Crippen molar-refractivity contribution in [3.8, 4) is 17.4 Å². The molecule has 27 heavy (non-hydrogen) atoms. The van der Waals surface area contributed by atoms with Crippen molar-refractivity contribution in [2.75, 3.05) is 20.1 Å². The predicted molar refractivity (Wildman–Crippen MR) is 100 cm³/mol. The summed E-state index contributed by atoms with van der Waals surface area (Å²) in [4.78, 5) is 14.4. The van der Waals surface area contributed by atoms with Crippen molar-refractivity contribution in [1.29, 1.82) is 5.26 Å². The van der Waals surface area contributed by atoms with E-state index in [9.17, 15) is 10.1 Å². The molecule has 1 aromatic carbocycles. The fourth-order valence-corrected chi connectivity index (χ4v) is 4.06. The number of likely N-dealkylation sites (N-methyl/N-ethyl adjacent to an activating group) is 1. The molecule has 0 radical (unpaired) electrons. The maximum Gasteiger partial charge on any atom is 0.238 e. The van der Waals surface area contributed by atoms with E-state index in [2.05, 4.69) is 27.1 Å². The van der Waals surface area contributed by atoms with Crippen LogP contribution in [0.15, 0.2) is 40.8 Å². The molecule has 1 amide bonds. The van der Waals surface area contributed by atoms with Crippen molar-refractivity contribution < 1.29 is 9.21 Å². The molecule has 1 aromatic heterocycles. The van der Waals surface area contributed by atoms with E-state index in [0.717, 1.165) is 30.8 Å². The standard InChI is InChI=1S/C20H23N5O2/c1-22-20(26)19-16-12-25(9-8-17(16)23-24-19)11-14-6-7-18(27-14)15-5-3-2-4-13(15)10-21/h2-7,16-17,19,23-24H,8-9,11-12H2,1H3,(H,22,26). The Hall–Kier alpha value is -2.66. The fraction of sp³-hybridized carbons (Fsp3) is 0.400. The van der Waals surface area contributed by atoms with E-state index < -0.39 is 0 Å². The number of nitriles is 1. The molecule has 0 saturated carbocycles. The zero-order valence-corrected chi connectivity index (χ0v) is 15.2. The number of hydrogen-bond donors (Lipinski definition) is 3. The highest BCUT2D eigenvalue weighted by Gasteiger charge is 2.42. The van der Waals surface area contributed by atoms with Crippen LogP contribution in [0, 0.1) is 17.2 Å². The Morgan fingerprint density at radius 2 is 2.19 bits per heavy atom. The molecule has 2 aromatic rings. The van der Waals surface area contributed by atoms with Crippen molar-refractivity contribution in [2.24, 2.45) is 5.92 Å². The van der Waals surface area contributed by atoms with E-state index in [4.69, 9.17) is 4.42 Å². The van der Waals surface area contributed by atoms with Crippen molar-refractivity contribution in [3.05, 3.63) is 47.7 Å². The zero-order chi connectivity index (χ0) is 18.8. The summed E-state index contributed by atoms with van der Waals surface area (Å²) < 4.78 is 6.02. The summed E-state index contributed by atoms with van der Waals surface area (Å²) in [6.45, 7) is 2.47. The van der Waals surface area contributed by atoms with Crippen molar-refractivity contribution in [3.63, 3.8) is 0 Å². The second kappa shape index (κ2) is 7.53. The summed E-state index contributed by atoms with van der Waals surface area (Å²) in [7, 11) is 1.67. The van der Waals surface area contributed by atoms with Crippen LogP contribution in [0.4, 0.5) is 0 Å². The van der Waals surface area contributed by atoms with Crippen LogP contribution in [0.5, 0.6) is 0 Å². The summed E-state index contributed by atoms with van der Waals surface area (Å²) in [5.41, 5.74) is 7.81. The molecule has 3 heterocycles. The molecule has 7 nitrogen and oxygen atoms in total. The van der Waals surface area contributed by atoms with Crippen LogP contribution in [-0.2, 0) is 11.3 Å². The number of piperidine rings is 1. The van der Waals surface area contributed by atoms with Crippen molar-refractivity contribution in [2.45, 2.75) is 25.0 Å². The highest BCUT2D eigenvalue weighted by Crippen LogP contribution is 2.28. The van der Waals surface area contributed by atoms with Gasteiger partial charge in [-0.25, -0.2) is 5.43 Å². The van der Waals surface area contributed by atoms with Crippen molar-refractivity contribution >= 4 is 5.91 Å². The molecular formula is C20H23N5O2. The normalized spacial score (nSPS) is 25.0. The third-order valence-electron chi connectivity index (χ3n) is 5.48. The first kappa shape index (κ1) is 17.7. The van der Waals surface area contributed by atoms with Gasteiger partial charge in [-0.1, -0.05) is 12.1 Å². The van der Waals surface area contributed by atoms with Gasteiger partial charge in [0.05, 0.1) is 18.2 Å². The van der Waals surface area contributed by atoms with Crippen LogP contribution < -0.4 is 16.2 Å². The van der Waals surface area contributed by atoms with E-state index in [0.29, 0.717) is 23.9 Å². The Labute approximate surface area is 158 Å². The Morgan fingerprint density at radius 1 is 1.33 bits per heavy atom. The number of benzene rings is 1. The Kier molecular flexibility index (Phi) is 4.94. The van der Waals surface area contributed by atoms with E-state index in [1.165, 1.54) is 0 Å². The van der Waals surface area contributed by atoms with E-state index in [-0.39, 0.29) is 17.9 Å². The monoisotopic (exact) mass is 365 g/mol. The molecule has 7 heteroatoms. The molecule has 3 N–H and O–H groups in total. The summed E-state index contributed by atoms with van der Waals surface area (Å²) >= 11 is 0. The molecule has 140 valence electrons. The third-order valence-corrected chi connectivity index (χ3v) is 5.48. The van der Waals surface area contributed by atoms with Crippen LogP contribution in [0.1, 0.15) is 17.7 Å². The molecule has 3 unspecified atom stereocenters. The molecule has 4 rings (SSSR count). The molecule has 0 aliphatic carbocycles. The Balaban J connectivity index is 1.45. The highest BCUT2D eigenvalue weighted by molar-refractivity contribution is 5.82. The third kappa shape index (κ3) is 3.47. The van der Waals surface area contributed by atoms with Gasteiger partial charge in [0.25, 0.3) is 0 Å². The van der Waals surface area contributed by atoms with Crippen LogP contribution in [-0.4, -0.2) is 43.0 Å². The largest absolute Gasteiger partial charge is 0.460 e. The first-order valence-corrected chi connectivity index (χ1v) is 9.23. The zero-order valence-electron chi connectivity index (χ0n) is 15.2. The number of fused-ring (bicyclic) bond motifs is 1. The Morgan fingerprint density at radius 3 is 3.00 bits per heavy atom. The minimum Gasteiger partial charge on any atom is -0.460 e. The lowest BCUT2D eigenvalue weighted by molar-refractivity contribution is -0.123. The van der Waals surface area contributed by atoms with Crippen LogP contribution in [0.25, 0.3) is 11.3 Å². The molecule has 2 aliphatic heterocycles. The fourth-order valence-electron chi connectivity index (χ4n) is 4.06. The maximum absolute atomic E-state index is 12.1. The van der Waals surface area contributed by atoms with E-state index in [1.807, 2.05) is 30.3 Å². The average Bonchev–Trinajstić information content (AvgIpc) is 3.34. The topological polar surface area (TPSA) is 93.3 Å². The second-order valence-electron chi connectivity index (χ2n) is 7.10. The number of amides is 1. The number of likely N-dealkylation sites (tertiary alicyclic amines) is 1. The van der Waals surface area contributed by atoms with E-state index in [1.54, 1.807) is 13.1 Å². The van der Waals surface area contributed by atoms with Gasteiger partial charge in [-0.15, -0.1) is 0 Å². The number of nitrogens with zero attached hydrogens (tertiary/aromatic N) is 2. The molecule has 2 aliphatic rings. The lowest BCUT2D eigenvalue weighted by Gasteiger charge is -2.35. The van der Waals surface area contributed by atoms with Gasteiger partial charge >= 0.3 is 0 Å². The van der Waals surface area contributed by atoms with Gasteiger partial charge < -0.3 is 9.73 Å². The summed E-state index contributed by atoms with van der Waals surface area (Å²) in [5.74, 6) is 1.83. The average molecular weight is 365 g/mol. The molecule has 0 spiro atoms. The smallest absolute Gasteiger partial charge is 0.238 e. The van der Waals surface area contributed by atoms with Gasteiger partial charge in [-0.3, -0.25) is 15.1 Å². The number of furan rings is 1. The molecule has 3 atom stereocenters. The van der Waals surface area contributed by atoms with Crippen molar-refractivity contribution in [1.82, 2.24) is 21.1 Å².